The molecule has 0 fully saturated rings. The van der Waals surface area contributed by atoms with Crippen molar-refractivity contribution in [2.75, 3.05) is 0 Å². The predicted molar refractivity (Wildman–Crippen MR) is 246 cm³/mol. The van der Waals surface area contributed by atoms with Crippen molar-refractivity contribution in [2.24, 2.45) is 0 Å². The van der Waals surface area contributed by atoms with Gasteiger partial charge in [-0.3, -0.25) is 4.98 Å². The molecular formula is C54H30N2O2S. The zero-order chi connectivity index (χ0) is 38.6. The van der Waals surface area contributed by atoms with Crippen molar-refractivity contribution >= 4 is 97.2 Å². The molecule has 0 amide bonds. The van der Waals surface area contributed by atoms with Gasteiger partial charge in [0, 0.05) is 48.3 Å². The lowest BCUT2D eigenvalue weighted by Crippen LogP contribution is -1.88. The SMILES string of the molecule is c1cc(-c2ccc3sc4nc(-c5cccc(-c6cc7ccccc7c7c6oc6ccccc67)c5)cnc4c3c2)cc(-c2cc3ccccc3c3c2oc2ccccc23)c1. The highest BCUT2D eigenvalue weighted by Crippen LogP contribution is 2.44. The van der Waals surface area contributed by atoms with Crippen LogP contribution >= 0.6 is 11.3 Å². The number of thiophene rings is 1. The molecule has 13 aromatic rings. The maximum absolute atomic E-state index is 6.58. The third kappa shape index (κ3) is 4.95. The Morgan fingerprint density at radius 2 is 0.932 bits per heavy atom. The molecule has 0 N–H and O–H groups in total. The maximum Gasteiger partial charge on any atom is 0.143 e. The maximum atomic E-state index is 6.58. The summed E-state index contributed by atoms with van der Waals surface area (Å²) in [6, 6.07) is 62.3. The Kier molecular flexibility index (Phi) is 6.85. The van der Waals surface area contributed by atoms with Gasteiger partial charge in [-0.2, -0.15) is 0 Å². The Hall–Kier alpha value is -7.60. The van der Waals surface area contributed by atoms with Gasteiger partial charge in [-0.05, 0) is 92.3 Å². The minimum Gasteiger partial charge on any atom is -0.455 e. The smallest absolute Gasteiger partial charge is 0.143 e. The van der Waals surface area contributed by atoms with Crippen LogP contribution in [0, 0.1) is 0 Å². The first-order valence-corrected chi connectivity index (χ1v) is 20.6. The highest BCUT2D eigenvalue weighted by molar-refractivity contribution is 7.25. The zero-order valence-corrected chi connectivity index (χ0v) is 32.3. The monoisotopic (exact) mass is 770 g/mol. The van der Waals surface area contributed by atoms with Gasteiger partial charge in [0.15, 0.2) is 0 Å². The number of rotatable bonds is 4. The fourth-order valence-electron chi connectivity index (χ4n) is 9.14. The van der Waals surface area contributed by atoms with Gasteiger partial charge in [0.05, 0.1) is 11.9 Å². The summed E-state index contributed by atoms with van der Waals surface area (Å²) in [7, 11) is 0. The van der Waals surface area contributed by atoms with E-state index in [0.717, 1.165) is 109 Å². The third-order valence-electron chi connectivity index (χ3n) is 11.9. The van der Waals surface area contributed by atoms with Crippen molar-refractivity contribution in [3.05, 3.63) is 182 Å². The molecule has 0 spiro atoms. The molecule has 4 heterocycles. The van der Waals surface area contributed by atoms with E-state index in [1.807, 2.05) is 24.4 Å². The highest BCUT2D eigenvalue weighted by Gasteiger charge is 2.19. The number of nitrogens with zero attached hydrogens (tertiary/aromatic N) is 2. The fourth-order valence-corrected chi connectivity index (χ4v) is 10.2. The topological polar surface area (TPSA) is 52.1 Å². The van der Waals surface area contributed by atoms with Gasteiger partial charge in [-0.1, -0.05) is 127 Å². The number of hydrogen-bond donors (Lipinski definition) is 0. The number of furan rings is 2. The highest BCUT2D eigenvalue weighted by atomic mass is 32.1. The van der Waals surface area contributed by atoms with E-state index in [2.05, 4.69) is 158 Å². The minimum absolute atomic E-state index is 0.841. The van der Waals surface area contributed by atoms with E-state index in [4.69, 9.17) is 18.8 Å². The first-order valence-electron chi connectivity index (χ1n) is 19.8. The Balaban J connectivity index is 0.894. The standard InChI is InChI=1S/C54H30N2O2S/c1-3-17-38-35(11-1)28-42(52-49(38)40-19-5-7-21-46(40)57-52)33-14-9-13-31(25-33)32-23-24-48-44(27-32)51-54(59-48)56-45(30-55-51)37-16-10-15-34(26-37)43-29-36-12-2-4-18-39(36)50-41-20-6-8-22-47(41)58-53(43)50/h1-30H. The lowest BCUT2D eigenvalue weighted by atomic mass is 9.94. The summed E-state index contributed by atoms with van der Waals surface area (Å²) in [4.78, 5) is 11.2. The molecule has 4 nitrogen and oxygen atoms in total. The lowest BCUT2D eigenvalue weighted by Gasteiger charge is -2.09. The molecule has 0 bridgehead atoms. The molecule has 59 heavy (non-hydrogen) atoms. The normalized spacial score (nSPS) is 12.1. The van der Waals surface area contributed by atoms with Crippen molar-refractivity contribution < 1.29 is 8.83 Å². The van der Waals surface area contributed by atoms with E-state index in [1.165, 1.54) is 21.5 Å². The molecule has 0 saturated heterocycles. The zero-order valence-electron chi connectivity index (χ0n) is 31.4. The van der Waals surface area contributed by atoms with E-state index in [9.17, 15) is 0 Å². The summed E-state index contributed by atoms with van der Waals surface area (Å²) in [6.45, 7) is 0. The number of benzene rings is 9. The summed E-state index contributed by atoms with van der Waals surface area (Å²) in [6.07, 6.45) is 1.91. The molecule has 0 atom stereocenters. The van der Waals surface area contributed by atoms with Crippen LogP contribution in [0.3, 0.4) is 0 Å². The Labute approximate surface area is 341 Å². The molecule has 274 valence electrons. The molecule has 4 aromatic heterocycles. The molecule has 5 heteroatoms. The number of hydrogen-bond acceptors (Lipinski definition) is 5. The van der Waals surface area contributed by atoms with Crippen molar-refractivity contribution in [3.63, 3.8) is 0 Å². The summed E-state index contributed by atoms with van der Waals surface area (Å²) in [5.41, 5.74) is 13.0. The van der Waals surface area contributed by atoms with Crippen molar-refractivity contribution in [3.8, 4) is 44.6 Å². The van der Waals surface area contributed by atoms with Crippen LogP contribution < -0.4 is 0 Å². The second-order valence-electron chi connectivity index (χ2n) is 15.3. The van der Waals surface area contributed by atoms with Crippen LogP contribution in [0.2, 0.25) is 0 Å². The number of para-hydroxylation sites is 2. The number of fused-ring (bicyclic) bond motifs is 13. The van der Waals surface area contributed by atoms with E-state index in [-0.39, 0.29) is 0 Å². The molecule has 13 rings (SSSR count). The molecule has 0 aliphatic carbocycles. The Bertz CT molecular complexity index is 3870. The van der Waals surface area contributed by atoms with Crippen LogP contribution in [0.15, 0.2) is 191 Å². The molecular weight excluding hydrogens is 741 g/mol. The van der Waals surface area contributed by atoms with Crippen molar-refractivity contribution in [1.29, 1.82) is 0 Å². The van der Waals surface area contributed by atoms with E-state index in [1.54, 1.807) is 11.3 Å². The predicted octanol–water partition coefficient (Wildman–Crippen LogP) is 15.6. The van der Waals surface area contributed by atoms with Crippen LogP contribution in [0.1, 0.15) is 0 Å². The lowest BCUT2D eigenvalue weighted by molar-refractivity contribution is 0.670. The second kappa shape index (κ2) is 12.4. The van der Waals surface area contributed by atoms with E-state index in [0.29, 0.717) is 0 Å². The van der Waals surface area contributed by atoms with Crippen molar-refractivity contribution in [2.45, 2.75) is 0 Å². The van der Waals surface area contributed by atoms with Gasteiger partial charge >= 0.3 is 0 Å². The summed E-state index contributed by atoms with van der Waals surface area (Å²) < 4.78 is 14.3. The Morgan fingerprint density at radius 3 is 1.58 bits per heavy atom. The molecule has 0 saturated carbocycles. The largest absolute Gasteiger partial charge is 0.455 e. The van der Waals surface area contributed by atoms with Gasteiger partial charge in [0.1, 0.15) is 32.7 Å². The van der Waals surface area contributed by atoms with Gasteiger partial charge in [0.2, 0.25) is 0 Å². The summed E-state index contributed by atoms with van der Waals surface area (Å²) in [5.74, 6) is 0. The molecule has 0 radical (unpaired) electrons. The van der Waals surface area contributed by atoms with E-state index < -0.39 is 0 Å². The van der Waals surface area contributed by atoms with Crippen LogP contribution in [0.4, 0.5) is 0 Å². The molecule has 0 aliphatic heterocycles. The van der Waals surface area contributed by atoms with Crippen LogP contribution in [-0.4, -0.2) is 9.97 Å². The minimum atomic E-state index is 0.841. The quantitative estimate of drug-likeness (QED) is 0.179. The van der Waals surface area contributed by atoms with Gasteiger partial charge in [-0.25, -0.2) is 4.98 Å². The van der Waals surface area contributed by atoms with Crippen LogP contribution in [-0.2, 0) is 0 Å². The van der Waals surface area contributed by atoms with Gasteiger partial charge in [0.25, 0.3) is 0 Å². The Morgan fingerprint density at radius 1 is 0.407 bits per heavy atom. The van der Waals surface area contributed by atoms with Gasteiger partial charge in [-0.15, -0.1) is 11.3 Å². The number of aromatic nitrogens is 2. The average molecular weight is 771 g/mol. The average Bonchev–Trinajstić information content (AvgIpc) is 4.00. The second-order valence-corrected chi connectivity index (χ2v) is 16.3. The van der Waals surface area contributed by atoms with Crippen molar-refractivity contribution in [1.82, 2.24) is 9.97 Å². The van der Waals surface area contributed by atoms with E-state index >= 15 is 0 Å². The first-order chi connectivity index (χ1) is 29.2. The fraction of sp³-hybridized carbons (Fsp3) is 0. The third-order valence-corrected chi connectivity index (χ3v) is 13.0. The molecule has 0 unspecified atom stereocenters. The summed E-state index contributed by atoms with van der Waals surface area (Å²) in [5, 5.41) is 10.4. The van der Waals surface area contributed by atoms with Crippen LogP contribution in [0.5, 0.6) is 0 Å². The van der Waals surface area contributed by atoms with Gasteiger partial charge < -0.3 is 8.83 Å². The summed E-state index contributed by atoms with van der Waals surface area (Å²) >= 11 is 1.68. The molecule has 9 aromatic carbocycles. The first kappa shape index (κ1) is 32.5. The molecule has 0 aliphatic rings. The van der Waals surface area contributed by atoms with Crippen LogP contribution in [0.25, 0.3) is 130 Å².